The van der Waals surface area contributed by atoms with Gasteiger partial charge in [0.05, 0.1) is 11.7 Å². The Hall–Kier alpha value is -1.39. The van der Waals surface area contributed by atoms with Crippen molar-refractivity contribution in [1.82, 2.24) is 20.8 Å². The Morgan fingerprint density at radius 2 is 2.05 bits per heavy atom. The van der Waals surface area contributed by atoms with Crippen LogP contribution in [0.1, 0.15) is 25.8 Å². The minimum atomic E-state index is 0.731. The summed E-state index contributed by atoms with van der Waals surface area (Å²) in [4.78, 5) is 0. The smallest absolute Gasteiger partial charge is 0.0653 e. The Bertz CT molecular complexity index is 490. The summed E-state index contributed by atoms with van der Waals surface area (Å²) in [5, 5.41) is 15.1. The Labute approximate surface area is 115 Å². The van der Waals surface area contributed by atoms with E-state index in [-0.39, 0.29) is 0 Å². The van der Waals surface area contributed by atoms with E-state index in [1.807, 2.05) is 6.20 Å². The molecule has 2 aromatic rings. The van der Waals surface area contributed by atoms with Crippen LogP contribution in [0.2, 0.25) is 0 Å². The molecule has 104 valence electrons. The van der Waals surface area contributed by atoms with Gasteiger partial charge < -0.3 is 10.6 Å². The molecular formula is C15H24N4. The molecule has 4 heteroatoms. The zero-order chi connectivity index (χ0) is 13.5. The van der Waals surface area contributed by atoms with E-state index in [1.165, 1.54) is 17.4 Å². The maximum absolute atomic E-state index is 4.03. The summed E-state index contributed by atoms with van der Waals surface area (Å²) < 4.78 is 0. The highest BCUT2D eigenvalue weighted by Crippen LogP contribution is 2.12. The molecule has 0 saturated carbocycles. The largest absolute Gasteiger partial charge is 0.316 e. The summed E-state index contributed by atoms with van der Waals surface area (Å²) >= 11 is 0. The van der Waals surface area contributed by atoms with Crippen molar-refractivity contribution in [3.05, 3.63) is 30.0 Å². The molecule has 4 nitrogen and oxygen atoms in total. The molecular weight excluding hydrogens is 236 g/mol. The molecule has 3 N–H and O–H groups in total. The first-order valence-corrected chi connectivity index (χ1v) is 7.09. The van der Waals surface area contributed by atoms with Gasteiger partial charge in [-0.1, -0.05) is 26.0 Å². The van der Waals surface area contributed by atoms with E-state index in [2.05, 4.69) is 52.9 Å². The normalized spacial score (nSPS) is 11.5. The van der Waals surface area contributed by atoms with Crippen LogP contribution >= 0.6 is 0 Å². The Morgan fingerprint density at radius 1 is 1.21 bits per heavy atom. The number of hydrogen-bond donors (Lipinski definition) is 3. The van der Waals surface area contributed by atoms with E-state index in [0.717, 1.165) is 37.6 Å². The van der Waals surface area contributed by atoms with Crippen molar-refractivity contribution >= 4 is 10.9 Å². The molecule has 0 aliphatic rings. The van der Waals surface area contributed by atoms with Crippen LogP contribution < -0.4 is 10.6 Å². The molecule has 19 heavy (non-hydrogen) atoms. The van der Waals surface area contributed by atoms with Crippen molar-refractivity contribution in [2.45, 2.75) is 26.8 Å². The van der Waals surface area contributed by atoms with Crippen LogP contribution in [-0.2, 0) is 6.54 Å². The number of aromatic amines is 1. The van der Waals surface area contributed by atoms with Gasteiger partial charge in [-0.05, 0) is 43.6 Å². The Kier molecular flexibility index (Phi) is 5.36. The van der Waals surface area contributed by atoms with Crippen molar-refractivity contribution < 1.29 is 0 Å². The summed E-state index contributed by atoms with van der Waals surface area (Å²) in [5.41, 5.74) is 2.41. The lowest BCUT2D eigenvalue weighted by molar-refractivity contribution is 0.530. The minimum Gasteiger partial charge on any atom is -0.316 e. The van der Waals surface area contributed by atoms with E-state index < -0.39 is 0 Å². The summed E-state index contributed by atoms with van der Waals surface area (Å²) in [6, 6.07) is 6.42. The second-order valence-corrected chi connectivity index (χ2v) is 5.42. The molecule has 1 heterocycles. The van der Waals surface area contributed by atoms with Gasteiger partial charge >= 0.3 is 0 Å². The van der Waals surface area contributed by atoms with Crippen molar-refractivity contribution in [1.29, 1.82) is 0 Å². The lowest BCUT2D eigenvalue weighted by atomic mass is 10.1. The van der Waals surface area contributed by atoms with Crippen LogP contribution in [0.15, 0.2) is 24.4 Å². The zero-order valence-electron chi connectivity index (χ0n) is 11.9. The van der Waals surface area contributed by atoms with E-state index in [0.29, 0.717) is 0 Å². The number of hydrogen-bond acceptors (Lipinski definition) is 3. The summed E-state index contributed by atoms with van der Waals surface area (Å²) in [7, 11) is 0. The molecule has 0 atom stereocenters. The molecule has 0 aliphatic heterocycles. The molecule has 0 aliphatic carbocycles. The molecule has 0 radical (unpaired) electrons. The third-order valence-corrected chi connectivity index (χ3v) is 3.10. The molecule has 2 rings (SSSR count). The fraction of sp³-hybridized carbons (Fsp3) is 0.533. The lowest BCUT2D eigenvalue weighted by Gasteiger charge is -2.08. The molecule has 0 bridgehead atoms. The number of aromatic nitrogens is 2. The van der Waals surface area contributed by atoms with Crippen LogP contribution in [0.25, 0.3) is 10.9 Å². The monoisotopic (exact) mass is 260 g/mol. The average molecular weight is 260 g/mol. The molecule has 0 spiro atoms. The fourth-order valence-corrected chi connectivity index (χ4v) is 2.06. The molecule has 0 saturated heterocycles. The minimum absolute atomic E-state index is 0.731. The third-order valence-electron chi connectivity index (χ3n) is 3.10. The van der Waals surface area contributed by atoms with Crippen molar-refractivity contribution in [2.75, 3.05) is 19.6 Å². The highest BCUT2D eigenvalue weighted by atomic mass is 15.1. The number of nitrogens with zero attached hydrogens (tertiary/aromatic N) is 1. The van der Waals surface area contributed by atoms with Crippen LogP contribution in [0.3, 0.4) is 0 Å². The summed E-state index contributed by atoms with van der Waals surface area (Å²) in [5.74, 6) is 0.731. The second-order valence-electron chi connectivity index (χ2n) is 5.42. The van der Waals surface area contributed by atoms with E-state index in [4.69, 9.17) is 0 Å². The number of fused-ring (bicyclic) bond motifs is 1. The van der Waals surface area contributed by atoms with Crippen LogP contribution in [0.4, 0.5) is 0 Å². The van der Waals surface area contributed by atoms with E-state index >= 15 is 0 Å². The molecule has 0 unspecified atom stereocenters. The number of H-pyrrole nitrogens is 1. The number of benzene rings is 1. The first-order chi connectivity index (χ1) is 9.25. The quantitative estimate of drug-likeness (QED) is 0.638. The first-order valence-electron chi connectivity index (χ1n) is 7.09. The predicted molar refractivity (Wildman–Crippen MR) is 80.1 cm³/mol. The van der Waals surface area contributed by atoms with Crippen LogP contribution in [-0.4, -0.2) is 29.8 Å². The number of rotatable bonds is 8. The average Bonchev–Trinajstić information content (AvgIpc) is 2.84. The fourth-order valence-electron chi connectivity index (χ4n) is 2.06. The maximum atomic E-state index is 4.03. The molecule has 0 fully saturated rings. The summed E-state index contributed by atoms with van der Waals surface area (Å²) in [6.07, 6.45) is 3.02. The Morgan fingerprint density at radius 3 is 2.89 bits per heavy atom. The Balaban J connectivity index is 1.62. The lowest BCUT2D eigenvalue weighted by Crippen LogP contribution is -2.24. The van der Waals surface area contributed by atoms with Crippen LogP contribution in [0, 0.1) is 5.92 Å². The third kappa shape index (κ3) is 4.65. The van der Waals surface area contributed by atoms with Gasteiger partial charge in [-0.2, -0.15) is 5.10 Å². The van der Waals surface area contributed by atoms with Crippen LogP contribution in [0.5, 0.6) is 0 Å². The number of nitrogens with one attached hydrogen (secondary N) is 3. The van der Waals surface area contributed by atoms with Gasteiger partial charge in [0, 0.05) is 11.9 Å². The summed E-state index contributed by atoms with van der Waals surface area (Å²) in [6.45, 7) is 8.63. The van der Waals surface area contributed by atoms with Gasteiger partial charge in [0.1, 0.15) is 0 Å². The van der Waals surface area contributed by atoms with Gasteiger partial charge in [0.2, 0.25) is 0 Å². The van der Waals surface area contributed by atoms with Crippen molar-refractivity contribution in [3.8, 4) is 0 Å². The SMILES string of the molecule is CC(C)CNCCCNCc1ccc2cn[nH]c2c1. The predicted octanol–water partition coefficient (Wildman–Crippen LogP) is 2.29. The highest BCUT2D eigenvalue weighted by molar-refractivity contribution is 5.78. The maximum Gasteiger partial charge on any atom is 0.0653 e. The molecule has 1 aromatic heterocycles. The first kappa shape index (κ1) is 14.0. The topological polar surface area (TPSA) is 52.7 Å². The van der Waals surface area contributed by atoms with Gasteiger partial charge in [0.25, 0.3) is 0 Å². The molecule has 0 amide bonds. The second kappa shape index (κ2) is 7.26. The molecule has 1 aromatic carbocycles. The van der Waals surface area contributed by atoms with Crippen molar-refractivity contribution in [3.63, 3.8) is 0 Å². The highest BCUT2D eigenvalue weighted by Gasteiger charge is 1.98. The van der Waals surface area contributed by atoms with E-state index in [9.17, 15) is 0 Å². The van der Waals surface area contributed by atoms with Crippen molar-refractivity contribution in [2.24, 2.45) is 5.92 Å². The van der Waals surface area contributed by atoms with Gasteiger partial charge in [0.15, 0.2) is 0 Å². The van der Waals surface area contributed by atoms with Gasteiger partial charge in [-0.15, -0.1) is 0 Å². The standard InChI is InChI=1S/C15H24N4/c1-12(2)9-16-6-3-7-17-10-13-4-5-14-11-18-19-15(14)8-13/h4-5,8,11-12,16-17H,3,6-7,9-10H2,1-2H3,(H,18,19). The van der Waals surface area contributed by atoms with Gasteiger partial charge in [-0.3, -0.25) is 5.10 Å². The zero-order valence-corrected chi connectivity index (χ0v) is 11.9. The van der Waals surface area contributed by atoms with Gasteiger partial charge in [-0.25, -0.2) is 0 Å². The van der Waals surface area contributed by atoms with E-state index in [1.54, 1.807) is 0 Å².